The van der Waals surface area contributed by atoms with E-state index in [9.17, 15) is 0 Å². The maximum absolute atomic E-state index is 6.41. The van der Waals surface area contributed by atoms with Crippen molar-refractivity contribution in [2.45, 2.75) is 25.6 Å². The van der Waals surface area contributed by atoms with Gasteiger partial charge in [-0.05, 0) is 42.8 Å². The third-order valence-corrected chi connectivity index (χ3v) is 5.59. The highest BCUT2D eigenvalue weighted by atomic mass is 35.5. The number of fused-ring (bicyclic) bond motifs is 3. The van der Waals surface area contributed by atoms with E-state index in [1.165, 1.54) is 0 Å². The molecule has 0 aliphatic carbocycles. The van der Waals surface area contributed by atoms with Crippen LogP contribution in [-0.4, -0.2) is 17.3 Å². The monoisotopic (exact) mass is 404 g/mol. The molecule has 0 radical (unpaired) electrons. The van der Waals surface area contributed by atoms with Gasteiger partial charge in [0.05, 0.1) is 18.4 Å². The van der Waals surface area contributed by atoms with Gasteiger partial charge in [-0.3, -0.25) is 0 Å². The largest absolute Gasteiger partial charge is 0.494 e. The summed E-state index contributed by atoms with van der Waals surface area (Å²) in [6.07, 6.45) is 0.518. The van der Waals surface area contributed by atoms with Crippen molar-refractivity contribution in [3.8, 4) is 11.5 Å². The summed E-state index contributed by atoms with van der Waals surface area (Å²) in [4.78, 5) is 0. The molecular weight excluding hydrogens is 384 g/mol. The molecule has 0 aromatic heterocycles. The second-order valence-electron chi connectivity index (χ2n) is 7.17. The van der Waals surface area contributed by atoms with Crippen LogP contribution in [0.1, 0.15) is 42.3 Å². The molecule has 146 valence electrons. The molecule has 5 heteroatoms. The molecule has 2 heterocycles. The van der Waals surface area contributed by atoms with Crippen LogP contribution in [0.15, 0.2) is 77.9 Å². The number of hydrazone groups is 1. The molecular formula is C24H21ClN2O2. The average molecular weight is 405 g/mol. The number of hydrogen-bond donors (Lipinski definition) is 0. The van der Waals surface area contributed by atoms with E-state index in [1.807, 2.05) is 61.5 Å². The quantitative estimate of drug-likeness (QED) is 0.536. The number of nitrogens with zero attached hydrogens (tertiary/aromatic N) is 2. The Morgan fingerprint density at radius 3 is 2.62 bits per heavy atom. The van der Waals surface area contributed by atoms with Crippen molar-refractivity contribution in [1.29, 1.82) is 0 Å². The van der Waals surface area contributed by atoms with Crippen LogP contribution >= 0.6 is 11.6 Å². The van der Waals surface area contributed by atoms with Gasteiger partial charge in [-0.25, -0.2) is 5.01 Å². The van der Waals surface area contributed by atoms with Crippen molar-refractivity contribution in [2.75, 3.05) is 6.61 Å². The van der Waals surface area contributed by atoms with Gasteiger partial charge in [0.1, 0.15) is 11.5 Å². The van der Waals surface area contributed by atoms with Crippen molar-refractivity contribution in [3.05, 3.63) is 94.5 Å². The highest BCUT2D eigenvalue weighted by Crippen LogP contribution is 2.48. The Kier molecular flexibility index (Phi) is 4.64. The van der Waals surface area contributed by atoms with E-state index in [0.717, 1.165) is 40.3 Å². The lowest BCUT2D eigenvalue weighted by Gasteiger charge is -2.38. The summed E-state index contributed by atoms with van der Waals surface area (Å²) in [5, 5.41) is 7.77. The molecule has 0 unspecified atom stereocenters. The van der Waals surface area contributed by atoms with E-state index in [1.54, 1.807) is 0 Å². The lowest BCUT2D eigenvalue weighted by atomic mass is 9.95. The summed E-state index contributed by atoms with van der Waals surface area (Å²) >= 11 is 6.10. The standard InChI is InChI=1S/C24H21ClN2O2/c1-2-28-19-12-13-23-20(14-19)22-15-21(16-6-4-3-5-7-16)26-27(22)24(29-23)17-8-10-18(25)11-9-17/h3-14,22,24H,2,15H2,1H3/t22-,24-/m1/s1. The van der Waals surface area contributed by atoms with Gasteiger partial charge in [0, 0.05) is 22.6 Å². The lowest BCUT2D eigenvalue weighted by Crippen LogP contribution is -2.33. The molecule has 0 saturated heterocycles. The number of hydrogen-bond acceptors (Lipinski definition) is 4. The second-order valence-corrected chi connectivity index (χ2v) is 7.60. The van der Waals surface area contributed by atoms with E-state index >= 15 is 0 Å². The third kappa shape index (κ3) is 3.34. The fourth-order valence-corrected chi connectivity index (χ4v) is 4.10. The second kappa shape index (κ2) is 7.45. The zero-order valence-electron chi connectivity index (χ0n) is 16.1. The van der Waals surface area contributed by atoms with Crippen molar-refractivity contribution in [3.63, 3.8) is 0 Å². The molecule has 0 N–H and O–H groups in total. The van der Waals surface area contributed by atoms with Crippen molar-refractivity contribution >= 4 is 17.3 Å². The van der Waals surface area contributed by atoms with E-state index in [4.69, 9.17) is 26.2 Å². The van der Waals surface area contributed by atoms with Gasteiger partial charge in [-0.2, -0.15) is 5.10 Å². The molecule has 5 rings (SSSR count). The Morgan fingerprint density at radius 2 is 1.86 bits per heavy atom. The maximum atomic E-state index is 6.41. The molecule has 2 aliphatic heterocycles. The predicted octanol–water partition coefficient (Wildman–Crippen LogP) is 5.98. The van der Waals surface area contributed by atoms with Crippen LogP contribution in [0.3, 0.4) is 0 Å². The Bertz CT molecular complexity index is 1050. The van der Waals surface area contributed by atoms with Crippen molar-refractivity contribution < 1.29 is 9.47 Å². The Morgan fingerprint density at radius 1 is 1.07 bits per heavy atom. The minimum absolute atomic E-state index is 0.0926. The van der Waals surface area contributed by atoms with E-state index < -0.39 is 0 Å². The van der Waals surface area contributed by atoms with Crippen LogP contribution in [0, 0.1) is 0 Å². The van der Waals surface area contributed by atoms with Crippen LogP contribution in [0.4, 0.5) is 0 Å². The lowest BCUT2D eigenvalue weighted by molar-refractivity contribution is -0.0191. The molecule has 0 saturated carbocycles. The van der Waals surface area contributed by atoms with Gasteiger partial charge in [0.15, 0.2) is 0 Å². The van der Waals surface area contributed by atoms with Gasteiger partial charge in [-0.15, -0.1) is 0 Å². The molecule has 4 nitrogen and oxygen atoms in total. The Balaban J connectivity index is 1.58. The highest BCUT2D eigenvalue weighted by Gasteiger charge is 2.41. The van der Waals surface area contributed by atoms with Gasteiger partial charge < -0.3 is 9.47 Å². The summed E-state index contributed by atoms with van der Waals surface area (Å²) in [7, 11) is 0. The van der Waals surface area contributed by atoms with Gasteiger partial charge >= 0.3 is 0 Å². The Labute approximate surface area is 175 Å². The highest BCUT2D eigenvalue weighted by molar-refractivity contribution is 6.30. The first kappa shape index (κ1) is 18.1. The van der Waals surface area contributed by atoms with Crippen LogP contribution in [0.25, 0.3) is 0 Å². The normalized spacial score (nSPS) is 19.8. The van der Waals surface area contributed by atoms with Crippen LogP contribution < -0.4 is 9.47 Å². The fourth-order valence-electron chi connectivity index (χ4n) is 3.97. The van der Waals surface area contributed by atoms with Gasteiger partial charge in [-0.1, -0.05) is 54.1 Å². The summed E-state index contributed by atoms with van der Waals surface area (Å²) < 4.78 is 12.1. The van der Waals surface area contributed by atoms with E-state index in [0.29, 0.717) is 11.6 Å². The topological polar surface area (TPSA) is 34.1 Å². The van der Waals surface area contributed by atoms with Crippen LogP contribution in [0.2, 0.25) is 5.02 Å². The molecule has 0 spiro atoms. The predicted molar refractivity (Wildman–Crippen MR) is 115 cm³/mol. The number of halogens is 1. The molecule has 2 atom stereocenters. The zero-order chi connectivity index (χ0) is 19.8. The summed E-state index contributed by atoms with van der Waals surface area (Å²) in [5.74, 6) is 1.73. The average Bonchev–Trinajstić information content (AvgIpc) is 3.21. The SMILES string of the molecule is CCOc1ccc2c(c1)[C@H]1CC(c3ccccc3)=NN1[C@@H](c1ccc(Cl)cc1)O2. The van der Waals surface area contributed by atoms with Gasteiger partial charge in [0.25, 0.3) is 0 Å². The summed E-state index contributed by atoms with van der Waals surface area (Å²) in [6, 6.07) is 24.2. The van der Waals surface area contributed by atoms with Crippen LogP contribution in [-0.2, 0) is 0 Å². The van der Waals surface area contributed by atoms with Crippen molar-refractivity contribution in [2.24, 2.45) is 5.10 Å². The van der Waals surface area contributed by atoms with E-state index in [-0.39, 0.29) is 12.3 Å². The summed E-state index contributed by atoms with van der Waals surface area (Å²) in [6.45, 7) is 2.62. The minimum atomic E-state index is -0.302. The third-order valence-electron chi connectivity index (χ3n) is 5.33. The number of benzene rings is 3. The number of rotatable bonds is 4. The molecule has 29 heavy (non-hydrogen) atoms. The van der Waals surface area contributed by atoms with E-state index in [2.05, 4.69) is 23.2 Å². The minimum Gasteiger partial charge on any atom is -0.494 e. The number of ether oxygens (including phenoxy) is 2. The molecule has 0 amide bonds. The molecule has 0 fully saturated rings. The first-order chi connectivity index (χ1) is 14.2. The molecule has 0 bridgehead atoms. The van der Waals surface area contributed by atoms with Crippen LogP contribution in [0.5, 0.6) is 11.5 Å². The first-order valence-corrected chi connectivity index (χ1v) is 10.2. The Hall–Kier alpha value is -2.98. The first-order valence-electron chi connectivity index (χ1n) is 9.83. The van der Waals surface area contributed by atoms with Gasteiger partial charge in [0.2, 0.25) is 6.23 Å². The van der Waals surface area contributed by atoms with Crippen molar-refractivity contribution in [1.82, 2.24) is 5.01 Å². The smallest absolute Gasteiger partial charge is 0.213 e. The molecule has 3 aromatic rings. The zero-order valence-corrected chi connectivity index (χ0v) is 16.8. The molecule has 2 aliphatic rings. The fraction of sp³-hybridized carbons (Fsp3) is 0.208. The summed E-state index contributed by atoms with van der Waals surface area (Å²) in [5.41, 5.74) is 4.33. The maximum Gasteiger partial charge on any atom is 0.213 e. The molecule has 3 aromatic carbocycles.